The van der Waals surface area contributed by atoms with Gasteiger partial charge in [-0.25, -0.2) is 0 Å². The molecule has 0 aliphatic carbocycles. The van der Waals surface area contributed by atoms with Crippen molar-refractivity contribution < 1.29 is 37.3 Å². The highest BCUT2D eigenvalue weighted by Gasteiger charge is 2.20. The van der Waals surface area contributed by atoms with E-state index in [9.17, 15) is 14.3 Å². The highest BCUT2D eigenvalue weighted by Crippen LogP contribution is 2.38. The quantitative estimate of drug-likeness (QED) is 0.0199. The molecule has 334 valence electrons. The molecule has 58 heavy (non-hydrogen) atoms. The van der Waals surface area contributed by atoms with E-state index in [1.54, 1.807) is 0 Å². The van der Waals surface area contributed by atoms with Gasteiger partial charge in [-0.15, -0.1) is 0 Å². The Morgan fingerprint density at radius 3 is 1.50 bits per heavy atom. The summed E-state index contributed by atoms with van der Waals surface area (Å²) in [5.41, 5.74) is 0. The van der Waals surface area contributed by atoms with Gasteiger partial charge in [0.05, 0.1) is 34.4 Å². The topological polar surface area (TPSA) is 94.1 Å². The van der Waals surface area contributed by atoms with Gasteiger partial charge in [0.1, 0.15) is 19.3 Å². The van der Waals surface area contributed by atoms with E-state index in [0.29, 0.717) is 17.6 Å². The molecule has 0 spiro atoms. The number of phosphoric ester groups is 1. The minimum Gasteiger partial charge on any atom is -0.756 e. The Balaban J connectivity index is 4.34. The summed E-state index contributed by atoms with van der Waals surface area (Å²) in [4.78, 5) is 25.1. The van der Waals surface area contributed by atoms with Crippen LogP contribution >= 0.6 is 7.82 Å². The molecule has 0 saturated carbocycles. The van der Waals surface area contributed by atoms with Crippen LogP contribution < -0.4 is 4.89 Å². The Morgan fingerprint density at radius 2 is 1.00 bits per heavy atom. The molecule has 0 bridgehead atoms. The first-order valence-corrected chi connectivity index (χ1v) is 24.3. The lowest BCUT2D eigenvalue weighted by atomic mass is 10.1. The Labute approximate surface area is 356 Å². The number of nitrogens with zero attached hydrogens (tertiary/aromatic N) is 1. The minimum atomic E-state index is -4.55. The maximum atomic E-state index is 12.7. The summed E-state index contributed by atoms with van der Waals surface area (Å²) in [7, 11) is 1.31. The molecule has 0 fully saturated rings. The van der Waals surface area contributed by atoms with Crippen molar-refractivity contribution >= 4 is 13.8 Å². The second kappa shape index (κ2) is 41.4. The first-order valence-electron chi connectivity index (χ1n) is 22.8. The average molecular weight is 832 g/mol. The molecule has 0 saturated heterocycles. The van der Waals surface area contributed by atoms with Crippen molar-refractivity contribution in [2.75, 3.05) is 54.1 Å². The number of unbranched alkanes of at least 4 members (excludes halogenated alkanes) is 13. The number of esters is 1. The Morgan fingerprint density at radius 1 is 0.552 bits per heavy atom. The van der Waals surface area contributed by atoms with E-state index in [1.165, 1.54) is 51.4 Å². The fraction of sp³-hybridized carbons (Fsp3) is 0.694. The molecule has 2 atom stereocenters. The van der Waals surface area contributed by atoms with Crippen LogP contribution in [0.3, 0.4) is 0 Å². The number of carbonyl (C=O) groups is 1. The summed E-state index contributed by atoms with van der Waals surface area (Å²) < 4.78 is 34.6. The second-order valence-electron chi connectivity index (χ2n) is 16.0. The van der Waals surface area contributed by atoms with Gasteiger partial charge in [0.2, 0.25) is 0 Å². The number of phosphoric acid groups is 1. The van der Waals surface area contributed by atoms with E-state index in [4.69, 9.17) is 18.5 Å². The number of carbonyl (C=O) groups excluding carboxylic acids is 1. The van der Waals surface area contributed by atoms with Gasteiger partial charge in [-0.05, 0) is 89.9 Å². The first kappa shape index (κ1) is 55.7. The highest BCUT2D eigenvalue weighted by molar-refractivity contribution is 7.45. The van der Waals surface area contributed by atoms with Crippen LogP contribution in [0, 0.1) is 0 Å². The molecule has 0 radical (unpaired) electrons. The summed E-state index contributed by atoms with van der Waals surface area (Å²) in [6.45, 7) is 5.14. The van der Waals surface area contributed by atoms with Crippen LogP contribution in [0.2, 0.25) is 0 Å². The van der Waals surface area contributed by atoms with Crippen molar-refractivity contribution in [1.82, 2.24) is 0 Å². The van der Waals surface area contributed by atoms with E-state index < -0.39 is 13.9 Å². The molecule has 2 unspecified atom stereocenters. The van der Waals surface area contributed by atoms with Crippen molar-refractivity contribution in [2.45, 2.75) is 168 Å². The summed E-state index contributed by atoms with van der Waals surface area (Å²) >= 11 is 0. The average Bonchev–Trinajstić information content (AvgIpc) is 3.18. The lowest BCUT2D eigenvalue weighted by molar-refractivity contribution is -0.870. The third-order valence-electron chi connectivity index (χ3n) is 9.18. The van der Waals surface area contributed by atoms with Gasteiger partial charge in [0, 0.05) is 13.0 Å². The fourth-order valence-electron chi connectivity index (χ4n) is 5.66. The first-order chi connectivity index (χ1) is 28.1. The van der Waals surface area contributed by atoms with E-state index in [-0.39, 0.29) is 32.2 Å². The highest BCUT2D eigenvalue weighted by atomic mass is 31.2. The number of rotatable bonds is 41. The monoisotopic (exact) mass is 832 g/mol. The number of likely N-dealkylation sites (N-methyl/N-ethyl adjacent to an activating group) is 1. The van der Waals surface area contributed by atoms with Gasteiger partial charge in [-0.2, -0.15) is 0 Å². The molecule has 0 aromatic heterocycles. The Bertz CT molecular complexity index is 1200. The fourth-order valence-corrected chi connectivity index (χ4v) is 6.39. The third-order valence-corrected chi connectivity index (χ3v) is 10.1. The van der Waals surface area contributed by atoms with Crippen LogP contribution in [0.5, 0.6) is 0 Å². The number of ether oxygens (including phenoxy) is 2. The van der Waals surface area contributed by atoms with Crippen LogP contribution in [0.4, 0.5) is 0 Å². The van der Waals surface area contributed by atoms with Gasteiger partial charge < -0.3 is 27.9 Å². The zero-order valence-electron chi connectivity index (χ0n) is 37.7. The lowest BCUT2D eigenvalue weighted by Crippen LogP contribution is -2.37. The standard InChI is InChI=1S/C49H86NO7P/c1-6-8-10-12-14-16-18-20-22-24-26-28-30-32-34-36-38-40-42-49(51)57-48(47-56-58(52,53)55-45-43-50(3,4)5)46-54-44-41-39-37-35-33-31-29-27-25-23-21-19-17-15-13-11-9-7-2/h9,11,15-18,21-24,27,29,33,35,48H,6-8,10,12-14,19-20,25-26,28,30-32,34,36-47H2,1-5H3/b11-9-,17-15-,18-16-,23-21-,24-22-,29-27-,35-33-. The van der Waals surface area contributed by atoms with Gasteiger partial charge in [0.25, 0.3) is 7.82 Å². The predicted octanol–water partition coefficient (Wildman–Crippen LogP) is 13.0. The summed E-state index contributed by atoms with van der Waals surface area (Å²) in [5.74, 6) is -0.361. The molecule has 0 rings (SSSR count). The molecular weight excluding hydrogens is 746 g/mol. The minimum absolute atomic E-state index is 0.0113. The van der Waals surface area contributed by atoms with Crippen molar-refractivity contribution in [3.8, 4) is 0 Å². The summed E-state index contributed by atoms with van der Waals surface area (Å²) in [6.07, 6.45) is 54.6. The normalized spacial score (nSPS) is 14.5. The molecule has 0 aliphatic rings. The molecule has 0 aromatic rings. The number of hydrogen-bond donors (Lipinski definition) is 0. The van der Waals surface area contributed by atoms with Crippen LogP contribution in [-0.2, 0) is 27.9 Å². The van der Waals surface area contributed by atoms with Crippen LogP contribution in [0.25, 0.3) is 0 Å². The Kier molecular flexibility index (Phi) is 39.8. The summed E-state index contributed by atoms with van der Waals surface area (Å²) in [6, 6.07) is 0. The van der Waals surface area contributed by atoms with Crippen LogP contribution in [0.15, 0.2) is 85.1 Å². The molecule has 0 N–H and O–H groups in total. The maximum absolute atomic E-state index is 12.7. The third kappa shape index (κ3) is 44.8. The maximum Gasteiger partial charge on any atom is 0.306 e. The van der Waals surface area contributed by atoms with Crippen molar-refractivity contribution in [1.29, 1.82) is 0 Å². The van der Waals surface area contributed by atoms with Gasteiger partial charge in [-0.3, -0.25) is 9.36 Å². The number of hydrogen-bond acceptors (Lipinski definition) is 7. The van der Waals surface area contributed by atoms with E-state index in [0.717, 1.165) is 89.9 Å². The molecule has 8 nitrogen and oxygen atoms in total. The largest absolute Gasteiger partial charge is 0.756 e. The molecule has 0 aromatic carbocycles. The molecule has 0 aliphatic heterocycles. The van der Waals surface area contributed by atoms with E-state index in [2.05, 4.69) is 98.9 Å². The number of allylic oxidation sites excluding steroid dienone is 14. The Hall–Kier alpha value is -2.32. The van der Waals surface area contributed by atoms with Crippen LogP contribution in [-0.4, -0.2) is 70.7 Å². The zero-order chi connectivity index (χ0) is 42.7. The van der Waals surface area contributed by atoms with Crippen molar-refractivity contribution in [2.24, 2.45) is 0 Å². The van der Waals surface area contributed by atoms with Gasteiger partial charge >= 0.3 is 5.97 Å². The molecule has 0 amide bonds. The zero-order valence-corrected chi connectivity index (χ0v) is 38.6. The number of quaternary nitrogens is 1. The molecule has 9 heteroatoms. The molecule has 0 heterocycles. The van der Waals surface area contributed by atoms with E-state index in [1.807, 2.05) is 21.1 Å². The van der Waals surface area contributed by atoms with E-state index >= 15 is 0 Å². The van der Waals surface area contributed by atoms with Gasteiger partial charge in [0.15, 0.2) is 0 Å². The van der Waals surface area contributed by atoms with Crippen molar-refractivity contribution in [3.63, 3.8) is 0 Å². The van der Waals surface area contributed by atoms with Gasteiger partial charge in [-0.1, -0.05) is 150 Å². The second-order valence-corrected chi connectivity index (χ2v) is 17.4. The van der Waals surface area contributed by atoms with Crippen molar-refractivity contribution in [3.05, 3.63) is 85.1 Å². The lowest BCUT2D eigenvalue weighted by Gasteiger charge is -2.28. The summed E-state index contributed by atoms with van der Waals surface area (Å²) in [5, 5.41) is 0. The predicted molar refractivity (Wildman–Crippen MR) is 245 cm³/mol. The van der Waals surface area contributed by atoms with Crippen LogP contribution in [0.1, 0.15) is 162 Å². The smallest absolute Gasteiger partial charge is 0.306 e. The SMILES string of the molecule is CC/C=C\C/C=C\C/C=C\C/C=C\C/C=C\CCCCOCC(COP(=O)([O-])OCC[N+](C)(C)C)OC(=O)CCCCCCCCC/C=C\C/C=C\CCCCCC. The molecular formula is C49H86NO7P.